The first-order chi connectivity index (χ1) is 7.19. The standard InChI is InChI=1S/C12H20O3/c13-6-2-1-5-12(11(14)15)8-9-3-4-10(12)7-9/h9-10,13H,1-8H2,(H,14,15). The molecule has 3 atom stereocenters. The number of hydrogen-bond donors (Lipinski definition) is 2. The second kappa shape index (κ2) is 4.12. The average Bonchev–Trinajstić information content (AvgIpc) is 2.78. The van der Waals surface area contributed by atoms with Crippen LogP contribution in [0.3, 0.4) is 0 Å². The molecule has 2 rings (SSSR count). The molecule has 86 valence electrons. The van der Waals surface area contributed by atoms with Gasteiger partial charge < -0.3 is 10.2 Å². The molecular weight excluding hydrogens is 192 g/mol. The third-order valence-corrected chi connectivity index (χ3v) is 4.43. The maximum atomic E-state index is 11.4. The molecule has 2 N–H and O–H groups in total. The highest BCUT2D eigenvalue weighted by atomic mass is 16.4. The molecule has 2 fully saturated rings. The van der Waals surface area contributed by atoms with Crippen molar-refractivity contribution in [1.29, 1.82) is 0 Å². The zero-order valence-corrected chi connectivity index (χ0v) is 9.11. The van der Waals surface area contributed by atoms with Crippen molar-refractivity contribution in [3.05, 3.63) is 0 Å². The number of carboxylic acids is 1. The summed E-state index contributed by atoms with van der Waals surface area (Å²) in [6.07, 6.45) is 6.72. The number of aliphatic hydroxyl groups excluding tert-OH is 1. The highest BCUT2D eigenvalue weighted by molar-refractivity contribution is 5.75. The van der Waals surface area contributed by atoms with E-state index in [9.17, 15) is 9.90 Å². The van der Waals surface area contributed by atoms with E-state index in [1.54, 1.807) is 0 Å². The summed E-state index contributed by atoms with van der Waals surface area (Å²) in [6, 6.07) is 0. The van der Waals surface area contributed by atoms with Crippen LogP contribution in [0.5, 0.6) is 0 Å². The van der Waals surface area contributed by atoms with E-state index in [1.165, 1.54) is 6.42 Å². The Morgan fingerprint density at radius 2 is 2.13 bits per heavy atom. The minimum absolute atomic E-state index is 0.184. The molecule has 0 aromatic rings. The van der Waals surface area contributed by atoms with Gasteiger partial charge in [0, 0.05) is 6.61 Å². The fourth-order valence-corrected chi connectivity index (χ4v) is 3.67. The van der Waals surface area contributed by atoms with Gasteiger partial charge in [-0.3, -0.25) is 4.79 Å². The average molecular weight is 212 g/mol. The van der Waals surface area contributed by atoms with Gasteiger partial charge in [0.05, 0.1) is 5.41 Å². The molecule has 0 spiro atoms. The summed E-state index contributed by atoms with van der Waals surface area (Å²) in [5, 5.41) is 18.2. The molecule has 2 bridgehead atoms. The van der Waals surface area contributed by atoms with Crippen LogP contribution < -0.4 is 0 Å². The molecule has 2 aliphatic carbocycles. The molecule has 0 aromatic heterocycles. The second-order valence-corrected chi connectivity index (χ2v) is 5.22. The highest BCUT2D eigenvalue weighted by Gasteiger charge is 2.54. The molecule has 3 nitrogen and oxygen atoms in total. The van der Waals surface area contributed by atoms with E-state index >= 15 is 0 Å². The smallest absolute Gasteiger partial charge is 0.309 e. The van der Waals surface area contributed by atoms with Crippen LogP contribution >= 0.6 is 0 Å². The molecule has 0 heterocycles. The largest absolute Gasteiger partial charge is 0.481 e. The van der Waals surface area contributed by atoms with Gasteiger partial charge in [0.1, 0.15) is 0 Å². The lowest BCUT2D eigenvalue weighted by Crippen LogP contribution is -2.36. The number of carboxylic acid groups (broad SMARTS) is 1. The van der Waals surface area contributed by atoms with Gasteiger partial charge in [-0.2, -0.15) is 0 Å². The summed E-state index contributed by atoms with van der Waals surface area (Å²) >= 11 is 0. The summed E-state index contributed by atoms with van der Waals surface area (Å²) in [5.74, 6) is 0.492. The first-order valence-electron chi connectivity index (χ1n) is 6.03. The zero-order chi connectivity index (χ0) is 10.9. The number of aliphatic carboxylic acids is 1. The molecule has 0 radical (unpaired) electrons. The molecular formula is C12H20O3. The Morgan fingerprint density at radius 1 is 1.33 bits per heavy atom. The third-order valence-electron chi connectivity index (χ3n) is 4.43. The Kier molecular flexibility index (Phi) is 3.01. The molecule has 0 aliphatic heterocycles. The van der Waals surface area contributed by atoms with E-state index in [-0.39, 0.29) is 6.61 Å². The Bertz CT molecular complexity index is 251. The summed E-state index contributed by atoms with van der Waals surface area (Å²) < 4.78 is 0. The van der Waals surface area contributed by atoms with Crippen molar-refractivity contribution >= 4 is 5.97 Å². The normalized spacial score (nSPS) is 38.5. The van der Waals surface area contributed by atoms with Crippen LogP contribution in [-0.2, 0) is 4.79 Å². The number of rotatable bonds is 5. The predicted octanol–water partition coefficient (Wildman–Crippen LogP) is 2.04. The highest BCUT2D eigenvalue weighted by Crippen LogP contribution is 2.58. The zero-order valence-electron chi connectivity index (χ0n) is 9.11. The van der Waals surface area contributed by atoms with Crippen LogP contribution in [0, 0.1) is 17.3 Å². The van der Waals surface area contributed by atoms with Crippen molar-refractivity contribution in [3.63, 3.8) is 0 Å². The summed E-state index contributed by atoms with van der Waals surface area (Å²) in [4.78, 5) is 11.4. The molecule has 2 saturated carbocycles. The Hall–Kier alpha value is -0.570. The van der Waals surface area contributed by atoms with Crippen molar-refractivity contribution in [3.8, 4) is 0 Å². The predicted molar refractivity (Wildman–Crippen MR) is 56.5 cm³/mol. The number of unbranched alkanes of at least 4 members (excludes halogenated alkanes) is 1. The Balaban J connectivity index is 2.02. The van der Waals surface area contributed by atoms with Crippen molar-refractivity contribution in [2.75, 3.05) is 6.61 Å². The van der Waals surface area contributed by atoms with Gasteiger partial charge in [-0.1, -0.05) is 12.8 Å². The van der Waals surface area contributed by atoms with Gasteiger partial charge in [-0.15, -0.1) is 0 Å². The lowest BCUT2D eigenvalue weighted by atomic mass is 9.70. The first kappa shape index (κ1) is 10.9. The fraction of sp³-hybridized carbons (Fsp3) is 0.917. The maximum Gasteiger partial charge on any atom is 0.309 e. The maximum absolute atomic E-state index is 11.4. The van der Waals surface area contributed by atoms with Gasteiger partial charge in [-0.05, 0) is 43.9 Å². The van der Waals surface area contributed by atoms with Crippen LogP contribution in [-0.4, -0.2) is 22.8 Å². The quantitative estimate of drug-likeness (QED) is 0.686. The lowest BCUT2D eigenvalue weighted by molar-refractivity contribution is -0.153. The summed E-state index contributed by atoms with van der Waals surface area (Å²) in [5.41, 5.74) is -0.432. The van der Waals surface area contributed by atoms with E-state index in [1.807, 2.05) is 0 Å². The minimum atomic E-state index is -0.590. The van der Waals surface area contributed by atoms with Crippen molar-refractivity contribution < 1.29 is 15.0 Å². The number of carbonyl (C=O) groups is 1. The summed E-state index contributed by atoms with van der Waals surface area (Å²) in [6.45, 7) is 0.184. The van der Waals surface area contributed by atoms with Gasteiger partial charge in [0.25, 0.3) is 0 Å². The molecule has 0 amide bonds. The molecule has 0 saturated heterocycles. The van der Waals surface area contributed by atoms with Crippen molar-refractivity contribution in [2.45, 2.75) is 44.9 Å². The summed E-state index contributed by atoms with van der Waals surface area (Å²) in [7, 11) is 0. The molecule has 2 aliphatic rings. The van der Waals surface area contributed by atoms with Crippen LogP contribution in [0.4, 0.5) is 0 Å². The van der Waals surface area contributed by atoms with Crippen molar-refractivity contribution in [2.24, 2.45) is 17.3 Å². The van der Waals surface area contributed by atoms with Gasteiger partial charge in [0.15, 0.2) is 0 Å². The van der Waals surface area contributed by atoms with Crippen LogP contribution in [0.15, 0.2) is 0 Å². The van der Waals surface area contributed by atoms with E-state index in [4.69, 9.17) is 5.11 Å². The topological polar surface area (TPSA) is 57.5 Å². The second-order valence-electron chi connectivity index (χ2n) is 5.22. The minimum Gasteiger partial charge on any atom is -0.481 e. The SMILES string of the molecule is O=C(O)C1(CCCCO)CC2CCC1C2. The fourth-order valence-electron chi connectivity index (χ4n) is 3.67. The van der Waals surface area contributed by atoms with Crippen LogP contribution in [0.1, 0.15) is 44.9 Å². The van der Waals surface area contributed by atoms with Gasteiger partial charge in [-0.25, -0.2) is 0 Å². The van der Waals surface area contributed by atoms with Crippen LogP contribution in [0.25, 0.3) is 0 Å². The van der Waals surface area contributed by atoms with Crippen molar-refractivity contribution in [1.82, 2.24) is 0 Å². The molecule has 3 unspecified atom stereocenters. The molecule has 0 aromatic carbocycles. The lowest BCUT2D eigenvalue weighted by Gasteiger charge is -2.33. The Morgan fingerprint density at radius 3 is 2.60 bits per heavy atom. The molecule has 15 heavy (non-hydrogen) atoms. The number of fused-ring (bicyclic) bond motifs is 2. The van der Waals surface area contributed by atoms with E-state index < -0.39 is 11.4 Å². The van der Waals surface area contributed by atoms with E-state index in [0.29, 0.717) is 11.8 Å². The number of aliphatic hydroxyl groups is 1. The monoisotopic (exact) mass is 212 g/mol. The third kappa shape index (κ3) is 1.78. The van der Waals surface area contributed by atoms with E-state index in [0.717, 1.165) is 38.5 Å². The molecule has 3 heteroatoms. The van der Waals surface area contributed by atoms with Gasteiger partial charge >= 0.3 is 5.97 Å². The van der Waals surface area contributed by atoms with E-state index in [2.05, 4.69) is 0 Å². The first-order valence-corrected chi connectivity index (χ1v) is 6.03. The van der Waals surface area contributed by atoms with Gasteiger partial charge in [0.2, 0.25) is 0 Å². The Labute approximate surface area is 90.5 Å². The van der Waals surface area contributed by atoms with Crippen LogP contribution in [0.2, 0.25) is 0 Å². The number of hydrogen-bond acceptors (Lipinski definition) is 2.